The van der Waals surface area contributed by atoms with E-state index in [1.54, 1.807) is 0 Å². The van der Waals surface area contributed by atoms with Gasteiger partial charge in [-0.2, -0.15) is 0 Å². The maximum Gasteiger partial charge on any atom is 0.328 e. The highest BCUT2D eigenvalue weighted by Gasteiger charge is 2.30. The summed E-state index contributed by atoms with van der Waals surface area (Å²) in [5.74, 6) is 0.608. The summed E-state index contributed by atoms with van der Waals surface area (Å²) in [4.78, 5) is 36.1. The Labute approximate surface area is 214 Å². The van der Waals surface area contributed by atoms with Gasteiger partial charge in [0.2, 0.25) is 6.79 Å². The van der Waals surface area contributed by atoms with Crippen LogP contribution >= 0.6 is 0 Å². The fraction of sp³-hybridized carbons (Fsp3) is 0.370. The predicted octanol–water partition coefficient (Wildman–Crippen LogP) is 2.87. The number of hydrogen-bond acceptors (Lipinski definition) is 7. The summed E-state index contributed by atoms with van der Waals surface area (Å²) in [5.41, 5.74) is 2.04. The van der Waals surface area contributed by atoms with Gasteiger partial charge in [0, 0.05) is 43.4 Å². The molecule has 3 aliphatic heterocycles. The molecule has 0 spiro atoms. The number of benzene rings is 2. The topological polar surface area (TPSA) is 126 Å². The second kappa shape index (κ2) is 12.3. The first-order valence-corrected chi connectivity index (χ1v) is 12.1. The van der Waals surface area contributed by atoms with Crippen LogP contribution in [0.1, 0.15) is 28.8 Å². The molecule has 0 unspecified atom stereocenters. The number of carbonyl (C=O) groups excluding carboxylic acids is 1. The van der Waals surface area contributed by atoms with Crippen molar-refractivity contribution in [3.05, 3.63) is 65.7 Å². The van der Waals surface area contributed by atoms with Gasteiger partial charge < -0.3 is 29.3 Å². The number of carbonyl (C=O) groups is 3. The predicted molar refractivity (Wildman–Crippen MR) is 133 cm³/mol. The molecule has 2 N–H and O–H groups in total. The highest BCUT2D eigenvalue weighted by Crippen LogP contribution is 2.35. The van der Waals surface area contributed by atoms with E-state index in [9.17, 15) is 14.4 Å². The molecule has 1 amide bonds. The number of hydrogen-bond donors (Lipinski definition) is 2. The number of amides is 1. The SMILES string of the molecule is O=C(O)C=CC(=O)O.O=C1c2ccccc2CN1CC1CCN(CCOc2ccc3c(c2)OCO3)CC1. The zero-order valence-corrected chi connectivity index (χ0v) is 20.4. The molecular formula is C27H30N2O8. The van der Waals surface area contributed by atoms with Gasteiger partial charge in [0.25, 0.3) is 5.91 Å². The summed E-state index contributed by atoms with van der Waals surface area (Å²) >= 11 is 0. The van der Waals surface area contributed by atoms with Crippen molar-refractivity contribution in [3.63, 3.8) is 0 Å². The summed E-state index contributed by atoms with van der Waals surface area (Å²) < 4.78 is 16.6. The molecule has 10 heteroatoms. The summed E-state index contributed by atoms with van der Waals surface area (Å²) in [5, 5.41) is 15.6. The van der Waals surface area contributed by atoms with Crippen molar-refractivity contribution >= 4 is 17.8 Å². The average molecular weight is 511 g/mol. The third kappa shape index (κ3) is 7.23. The van der Waals surface area contributed by atoms with Gasteiger partial charge in [0.1, 0.15) is 12.4 Å². The van der Waals surface area contributed by atoms with Gasteiger partial charge in [0.05, 0.1) is 0 Å². The number of rotatable bonds is 8. The van der Waals surface area contributed by atoms with Crippen LogP contribution in [0.5, 0.6) is 17.2 Å². The van der Waals surface area contributed by atoms with E-state index < -0.39 is 11.9 Å². The molecule has 10 nitrogen and oxygen atoms in total. The Morgan fingerprint density at radius 3 is 2.41 bits per heavy atom. The molecule has 1 fully saturated rings. The molecule has 0 atom stereocenters. The van der Waals surface area contributed by atoms with Crippen LogP contribution in [-0.2, 0) is 16.1 Å². The molecule has 0 saturated carbocycles. The molecule has 37 heavy (non-hydrogen) atoms. The molecule has 0 aromatic heterocycles. The number of likely N-dealkylation sites (tertiary alicyclic amines) is 1. The van der Waals surface area contributed by atoms with Crippen molar-refractivity contribution in [1.29, 1.82) is 0 Å². The normalized spacial score (nSPS) is 16.9. The Kier molecular flexibility index (Phi) is 8.63. The molecule has 0 aliphatic carbocycles. The van der Waals surface area contributed by atoms with Crippen molar-refractivity contribution in [2.75, 3.05) is 39.6 Å². The van der Waals surface area contributed by atoms with E-state index in [1.165, 1.54) is 0 Å². The minimum atomic E-state index is -1.26. The number of aliphatic carboxylic acids is 2. The lowest BCUT2D eigenvalue weighted by atomic mass is 9.96. The van der Waals surface area contributed by atoms with Gasteiger partial charge in [-0.3, -0.25) is 9.69 Å². The third-order valence-electron chi connectivity index (χ3n) is 6.47. The largest absolute Gasteiger partial charge is 0.492 e. The van der Waals surface area contributed by atoms with E-state index in [-0.39, 0.29) is 12.7 Å². The smallest absolute Gasteiger partial charge is 0.328 e. The summed E-state index contributed by atoms with van der Waals surface area (Å²) in [6, 6.07) is 13.7. The number of nitrogens with zero attached hydrogens (tertiary/aromatic N) is 2. The van der Waals surface area contributed by atoms with Crippen LogP contribution < -0.4 is 14.2 Å². The fourth-order valence-electron chi connectivity index (χ4n) is 4.57. The van der Waals surface area contributed by atoms with Crippen LogP contribution in [0.25, 0.3) is 0 Å². The van der Waals surface area contributed by atoms with Crippen molar-refractivity contribution in [2.24, 2.45) is 5.92 Å². The van der Waals surface area contributed by atoms with Crippen LogP contribution in [0, 0.1) is 5.92 Å². The first-order valence-electron chi connectivity index (χ1n) is 12.1. The Morgan fingerprint density at radius 2 is 1.70 bits per heavy atom. The number of ether oxygens (including phenoxy) is 3. The van der Waals surface area contributed by atoms with Crippen LogP contribution in [0.15, 0.2) is 54.6 Å². The average Bonchev–Trinajstić information content (AvgIpc) is 3.48. The van der Waals surface area contributed by atoms with Gasteiger partial charge in [-0.15, -0.1) is 0 Å². The van der Waals surface area contributed by atoms with Gasteiger partial charge >= 0.3 is 11.9 Å². The molecule has 0 radical (unpaired) electrons. The van der Waals surface area contributed by atoms with E-state index >= 15 is 0 Å². The molecule has 1 saturated heterocycles. The lowest BCUT2D eigenvalue weighted by Crippen LogP contribution is -2.40. The quantitative estimate of drug-likeness (QED) is 0.516. The first-order chi connectivity index (χ1) is 17.9. The molecule has 2 aromatic rings. The number of fused-ring (bicyclic) bond motifs is 2. The highest BCUT2D eigenvalue weighted by atomic mass is 16.7. The third-order valence-corrected chi connectivity index (χ3v) is 6.47. The zero-order chi connectivity index (χ0) is 26.2. The van der Waals surface area contributed by atoms with Gasteiger partial charge in [-0.05, 0) is 55.6 Å². The zero-order valence-electron chi connectivity index (χ0n) is 20.4. The Morgan fingerprint density at radius 1 is 1.00 bits per heavy atom. The molecule has 5 rings (SSSR count). The maximum atomic E-state index is 12.6. The molecule has 2 aromatic carbocycles. The standard InChI is InChI=1S/C23H26N2O4.C4H4O4/c26-23-20-4-2-1-3-18(20)15-25(23)14-17-7-9-24(10-8-17)11-12-27-19-5-6-21-22(13-19)29-16-28-21;5-3(6)1-2-4(7)8/h1-6,13,17H,7-12,14-16H2;1-2H,(H,5,6)(H,7,8). The second-order valence-corrected chi connectivity index (χ2v) is 9.00. The van der Waals surface area contributed by atoms with Crippen LogP contribution in [0.4, 0.5) is 0 Å². The van der Waals surface area contributed by atoms with E-state index in [4.69, 9.17) is 24.4 Å². The van der Waals surface area contributed by atoms with E-state index in [2.05, 4.69) is 11.0 Å². The van der Waals surface area contributed by atoms with E-state index in [0.29, 0.717) is 24.7 Å². The van der Waals surface area contributed by atoms with Crippen molar-refractivity contribution < 1.29 is 38.8 Å². The number of carboxylic acids is 2. The molecular weight excluding hydrogens is 480 g/mol. The maximum absolute atomic E-state index is 12.6. The van der Waals surface area contributed by atoms with Crippen molar-refractivity contribution in [3.8, 4) is 17.2 Å². The summed E-state index contributed by atoms with van der Waals surface area (Å²) in [6.07, 6.45) is 3.37. The lowest BCUT2D eigenvalue weighted by molar-refractivity contribution is -0.134. The number of carboxylic acid groups (broad SMARTS) is 2. The summed E-state index contributed by atoms with van der Waals surface area (Å²) in [6.45, 7) is 5.60. The molecule has 0 bridgehead atoms. The van der Waals surface area contributed by atoms with Crippen LogP contribution in [-0.4, -0.2) is 77.4 Å². The minimum absolute atomic E-state index is 0.195. The van der Waals surface area contributed by atoms with Gasteiger partial charge in [0.15, 0.2) is 11.5 Å². The van der Waals surface area contributed by atoms with E-state index in [1.807, 2.05) is 41.3 Å². The Balaban J connectivity index is 0.000000349. The van der Waals surface area contributed by atoms with Crippen LogP contribution in [0.2, 0.25) is 0 Å². The minimum Gasteiger partial charge on any atom is -0.492 e. The number of piperidine rings is 1. The summed E-state index contributed by atoms with van der Waals surface area (Å²) in [7, 11) is 0. The van der Waals surface area contributed by atoms with Gasteiger partial charge in [-0.25, -0.2) is 9.59 Å². The first kappa shape index (κ1) is 26.0. The van der Waals surface area contributed by atoms with E-state index in [0.717, 1.165) is 73.9 Å². The van der Waals surface area contributed by atoms with Gasteiger partial charge in [-0.1, -0.05) is 18.2 Å². The Bertz CT molecular complexity index is 1140. The second-order valence-electron chi connectivity index (χ2n) is 9.00. The monoisotopic (exact) mass is 510 g/mol. The highest BCUT2D eigenvalue weighted by molar-refractivity contribution is 5.98. The molecule has 3 aliphatic rings. The lowest BCUT2D eigenvalue weighted by Gasteiger charge is -2.33. The fourth-order valence-corrected chi connectivity index (χ4v) is 4.57. The van der Waals surface area contributed by atoms with Crippen molar-refractivity contribution in [1.82, 2.24) is 9.80 Å². The molecule has 3 heterocycles. The van der Waals surface area contributed by atoms with Crippen molar-refractivity contribution in [2.45, 2.75) is 19.4 Å². The Hall–Kier alpha value is -4.05. The molecule has 196 valence electrons. The van der Waals surface area contributed by atoms with Crippen LogP contribution in [0.3, 0.4) is 0 Å².